The Morgan fingerprint density at radius 1 is 1.09 bits per heavy atom. The van der Waals surface area contributed by atoms with Gasteiger partial charge in [0.2, 0.25) is 0 Å². The maximum atomic E-state index is 12.7. The molecule has 0 fully saturated rings. The summed E-state index contributed by atoms with van der Waals surface area (Å²) in [4.78, 5) is 0. The van der Waals surface area contributed by atoms with Crippen LogP contribution in [0.15, 0.2) is 41.5 Å². The fourth-order valence-corrected chi connectivity index (χ4v) is 2.02. The van der Waals surface area contributed by atoms with Crippen LogP contribution in [0.3, 0.4) is 0 Å². The highest BCUT2D eigenvalue weighted by Crippen LogP contribution is 2.33. The standard InChI is InChI=1S/C16H14ClF3N2/c1-10-3-4-11(2)12(7-10)9-21-22-15-8-13(16(18,19)20)5-6-14(15)17/h3-9,22H,1-2H3/b21-9+. The summed E-state index contributed by atoms with van der Waals surface area (Å²) in [7, 11) is 0. The average molecular weight is 327 g/mol. The Labute approximate surface area is 131 Å². The highest BCUT2D eigenvalue weighted by Gasteiger charge is 2.30. The second kappa shape index (κ2) is 6.40. The van der Waals surface area contributed by atoms with E-state index in [-0.39, 0.29) is 10.7 Å². The van der Waals surface area contributed by atoms with Crippen molar-refractivity contribution in [3.63, 3.8) is 0 Å². The number of aryl methyl sites for hydroxylation is 2. The van der Waals surface area contributed by atoms with Gasteiger partial charge >= 0.3 is 6.18 Å². The van der Waals surface area contributed by atoms with Gasteiger partial charge in [0.1, 0.15) is 0 Å². The molecule has 6 heteroatoms. The van der Waals surface area contributed by atoms with Gasteiger partial charge in [-0.25, -0.2) is 0 Å². The molecule has 2 aromatic rings. The minimum atomic E-state index is -4.42. The van der Waals surface area contributed by atoms with Gasteiger partial charge < -0.3 is 0 Å². The van der Waals surface area contributed by atoms with Crippen molar-refractivity contribution in [2.75, 3.05) is 5.43 Å². The quantitative estimate of drug-likeness (QED) is 0.591. The zero-order valence-electron chi connectivity index (χ0n) is 12.0. The van der Waals surface area contributed by atoms with Gasteiger partial charge in [0, 0.05) is 0 Å². The molecule has 0 aliphatic carbocycles. The summed E-state index contributed by atoms with van der Waals surface area (Å²) in [5, 5.41) is 4.14. The minimum Gasteiger partial charge on any atom is -0.277 e. The van der Waals surface area contributed by atoms with E-state index in [2.05, 4.69) is 10.5 Å². The molecule has 0 aliphatic rings. The first-order chi connectivity index (χ1) is 10.3. The number of rotatable bonds is 3. The Bertz CT molecular complexity index is 709. The molecule has 0 amide bonds. The number of hydrogen-bond donors (Lipinski definition) is 1. The summed E-state index contributed by atoms with van der Waals surface area (Å²) in [6.07, 6.45) is -2.86. The monoisotopic (exact) mass is 326 g/mol. The fourth-order valence-electron chi connectivity index (χ4n) is 1.86. The van der Waals surface area contributed by atoms with Crippen LogP contribution in [0.4, 0.5) is 18.9 Å². The number of alkyl halides is 3. The van der Waals surface area contributed by atoms with E-state index in [0.717, 1.165) is 28.8 Å². The van der Waals surface area contributed by atoms with Crippen molar-refractivity contribution in [2.24, 2.45) is 5.10 Å². The van der Waals surface area contributed by atoms with Gasteiger partial charge in [0.25, 0.3) is 0 Å². The van der Waals surface area contributed by atoms with Gasteiger partial charge in [-0.3, -0.25) is 5.43 Å². The fraction of sp³-hybridized carbons (Fsp3) is 0.188. The normalized spacial score (nSPS) is 11.9. The highest BCUT2D eigenvalue weighted by atomic mass is 35.5. The summed E-state index contributed by atoms with van der Waals surface area (Å²) < 4.78 is 38.0. The van der Waals surface area contributed by atoms with Crippen LogP contribution in [-0.4, -0.2) is 6.21 Å². The molecule has 0 radical (unpaired) electrons. The molecule has 0 bridgehead atoms. The molecule has 0 aliphatic heterocycles. The summed E-state index contributed by atoms with van der Waals surface area (Å²) in [5.74, 6) is 0. The topological polar surface area (TPSA) is 24.4 Å². The first kappa shape index (κ1) is 16.4. The lowest BCUT2D eigenvalue weighted by Crippen LogP contribution is -2.05. The van der Waals surface area contributed by atoms with Gasteiger partial charge in [-0.2, -0.15) is 18.3 Å². The van der Waals surface area contributed by atoms with Crippen molar-refractivity contribution in [1.82, 2.24) is 0 Å². The molecule has 0 unspecified atom stereocenters. The molecule has 116 valence electrons. The van der Waals surface area contributed by atoms with E-state index in [1.807, 2.05) is 32.0 Å². The van der Waals surface area contributed by atoms with Gasteiger partial charge in [-0.05, 0) is 43.2 Å². The lowest BCUT2D eigenvalue weighted by Gasteiger charge is -2.10. The maximum Gasteiger partial charge on any atom is 0.416 e. The molecule has 0 saturated carbocycles. The Kier molecular flexibility index (Phi) is 4.76. The average Bonchev–Trinajstić information content (AvgIpc) is 2.43. The predicted octanol–water partition coefficient (Wildman–Crippen LogP) is 5.42. The number of benzene rings is 2. The summed E-state index contributed by atoms with van der Waals surface area (Å²) in [6.45, 7) is 3.88. The number of nitrogens with zero attached hydrogens (tertiary/aromatic N) is 1. The van der Waals surface area contributed by atoms with E-state index in [1.54, 1.807) is 6.21 Å². The van der Waals surface area contributed by atoms with Crippen molar-refractivity contribution in [1.29, 1.82) is 0 Å². The van der Waals surface area contributed by atoms with E-state index in [1.165, 1.54) is 6.07 Å². The second-order valence-corrected chi connectivity index (χ2v) is 5.33. The minimum absolute atomic E-state index is 0.109. The van der Waals surface area contributed by atoms with Crippen LogP contribution < -0.4 is 5.43 Å². The summed E-state index contributed by atoms with van der Waals surface area (Å²) >= 11 is 5.88. The van der Waals surface area contributed by atoms with Crippen molar-refractivity contribution < 1.29 is 13.2 Å². The van der Waals surface area contributed by atoms with Gasteiger partial charge in [-0.15, -0.1) is 0 Å². The first-order valence-electron chi connectivity index (χ1n) is 6.50. The van der Waals surface area contributed by atoms with E-state index < -0.39 is 11.7 Å². The van der Waals surface area contributed by atoms with Crippen LogP contribution in [0.2, 0.25) is 5.02 Å². The molecule has 2 nitrogen and oxygen atoms in total. The Morgan fingerprint density at radius 3 is 2.50 bits per heavy atom. The predicted molar refractivity (Wildman–Crippen MR) is 83.6 cm³/mol. The molecule has 0 saturated heterocycles. The smallest absolute Gasteiger partial charge is 0.277 e. The SMILES string of the molecule is Cc1ccc(C)c(/C=N/Nc2cc(C(F)(F)F)ccc2Cl)c1. The molecule has 0 atom stereocenters. The van der Waals surface area contributed by atoms with Gasteiger partial charge in [0.15, 0.2) is 0 Å². The van der Waals surface area contributed by atoms with Crippen LogP contribution in [0.1, 0.15) is 22.3 Å². The van der Waals surface area contributed by atoms with E-state index in [0.29, 0.717) is 0 Å². The summed E-state index contributed by atoms with van der Waals surface area (Å²) in [5.41, 5.74) is 4.87. The summed E-state index contributed by atoms with van der Waals surface area (Å²) in [6, 6.07) is 8.93. The zero-order valence-corrected chi connectivity index (χ0v) is 12.8. The number of anilines is 1. The molecule has 2 rings (SSSR count). The van der Waals surface area contributed by atoms with Crippen molar-refractivity contribution >= 4 is 23.5 Å². The molecule has 2 aromatic carbocycles. The van der Waals surface area contributed by atoms with Crippen molar-refractivity contribution in [3.05, 3.63) is 63.7 Å². The van der Waals surface area contributed by atoms with E-state index in [9.17, 15) is 13.2 Å². The second-order valence-electron chi connectivity index (χ2n) is 4.92. The molecular formula is C16H14ClF3N2. The van der Waals surface area contributed by atoms with Crippen LogP contribution in [0, 0.1) is 13.8 Å². The Morgan fingerprint density at radius 2 is 1.82 bits per heavy atom. The van der Waals surface area contributed by atoms with E-state index >= 15 is 0 Å². The number of nitrogens with one attached hydrogen (secondary N) is 1. The Balaban J connectivity index is 2.21. The van der Waals surface area contributed by atoms with Crippen LogP contribution in [0.25, 0.3) is 0 Å². The van der Waals surface area contributed by atoms with Gasteiger partial charge in [-0.1, -0.05) is 35.4 Å². The third kappa shape index (κ3) is 4.01. The molecule has 0 aromatic heterocycles. The maximum absolute atomic E-state index is 12.7. The molecule has 22 heavy (non-hydrogen) atoms. The first-order valence-corrected chi connectivity index (χ1v) is 6.88. The molecule has 0 heterocycles. The van der Waals surface area contributed by atoms with Crippen molar-refractivity contribution in [2.45, 2.75) is 20.0 Å². The lowest BCUT2D eigenvalue weighted by molar-refractivity contribution is -0.137. The molecule has 1 N–H and O–H groups in total. The Hall–Kier alpha value is -2.01. The van der Waals surface area contributed by atoms with Gasteiger partial charge in [0.05, 0.1) is 22.5 Å². The van der Waals surface area contributed by atoms with Crippen LogP contribution in [0.5, 0.6) is 0 Å². The third-order valence-electron chi connectivity index (χ3n) is 3.12. The molecular weight excluding hydrogens is 313 g/mol. The number of hydrogen-bond acceptors (Lipinski definition) is 2. The number of halogens is 4. The zero-order chi connectivity index (χ0) is 16.3. The van der Waals surface area contributed by atoms with E-state index in [4.69, 9.17) is 11.6 Å². The molecule has 0 spiro atoms. The third-order valence-corrected chi connectivity index (χ3v) is 3.45. The lowest BCUT2D eigenvalue weighted by atomic mass is 10.1. The largest absolute Gasteiger partial charge is 0.416 e. The van der Waals surface area contributed by atoms with Crippen LogP contribution in [-0.2, 0) is 6.18 Å². The highest BCUT2D eigenvalue weighted by molar-refractivity contribution is 6.33. The van der Waals surface area contributed by atoms with Crippen molar-refractivity contribution in [3.8, 4) is 0 Å². The van der Waals surface area contributed by atoms with Crippen LogP contribution >= 0.6 is 11.6 Å². The number of hydrazone groups is 1.